The molecule has 0 amide bonds. The Balaban J connectivity index is 2.00. The molecule has 2 atom stereocenters. The lowest BCUT2D eigenvalue weighted by Crippen LogP contribution is -2.48. The van der Waals surface area contributed by atoms with Crippen molar-refractivity contribution in [3.05, 3.63) is 29.8 Å². The normalized spacial score (nSPS) is 24.1. The van der Waals surface area contributed by atoms with Gasteiger partial charge in [0.1, 0.15) is 5.75 Å². The predicted molar refractivity (Wildman–Crippen MR) is 74.8 cm³/mol. The van der Waals surface area contributed by atoms with Gasteiger partial charge in [0, 0.05) is 25.2 Å². The predicted octanol–water partition coefficient (Wildman–Crippen LogP) is 2.99. The second-order valence-corrected chi connectivity index (χ2v) is 5.36. The highest BCUT2D eigenvalue weighted by Crippen LogP contribution is 2.25. The Morgan fingerprint density at radius 2 is 2.00 bits per heavy atom. The van der Waals surface area contributed by atoms with E-state index in [4.69, 9.17) is 5.73 Å². The summed E-state index contributed by atoms with van der Waals surface area (Å²) in [6, 6.07) is 7.78. The molecule has 0 saturated carbocycles. The molecule has 0 radical (unpaired) electrons. The maximum absolute atomic E-state index is 12.1. The molecule has 0 aliphatic carbocycles. The van der Waals surface area contributed by atoms with E-state index in [0.717, 1.165) is 18.5 Å². The van der Waals surface area contributed by atoms with Crippen molar-refractivity contribution in [2.75, 3.05) is 6.54 Å². The largest absolute Gasteiger partial charge is 0.435 e. The van der Waals surface area contributed by atoms with E-state index in [9.17, 15) is 8.78 Å². The van der Waals surface area contributed by atoms with Gasteiger partial charge in [-0.25, -0.2) is 0 Å². The zero-order valence-corrected chi connectivity index (χ0v) is 11.8. The molecule has 0 aromatic heterocycles. The summed E-state index contributed by atoms with van der Waals surface area (Å²) < 4.78 is 28.6. The van der Waals surface area contributed by atoms with E-state index in [2.05, 4.69) is 16.6 Å². The summed E-state index contributed by atoms with van der Waals surface area (Å²) in [5.41, 5.74) is 6.94. The number of nitrogens with zero attached hydrogens (tertiary/aromatic N) is 1. The van der Waals surface area contributed by atoms with Crippen molar-refractivity contribution in [1.29, 1.82) is 0 Å². The third-order valence-electron chi connectivity index (χ3n) is 3.98. The highest BCUT2D eigenvalue weighted by molar-refractivity contribution is 5.27. The first-order valence-electron chi connectivity index (χ1n) is 7.09. The van der Waals surface area contributed by atoms with E-state index in [1.54, 1.807) is 12.1 Å². The van der Waals surface area contributed by atoms with E-state index in [1.807, 2.05) is 12.1 Å². The second kappa shape index (κ2) is 6.99. The molecule has 2 unspecified atom stereocenters. The van der Waals surface area contributed by atoms with Crippen LogP contribution in [0.25, 0.3) is 0 Å². The lowest BCUT2D eigenvalue weighted by atomic mass is 9.95. The van der Waals surface area contributed by atoms with E-state index in [-0.39, 0.29) is 5.75 Å². The summed E-state index contributed by atoms with van der Waals surface area (Å²) in [5, 5.41) is 0. The van der Waals surface area contributed by atoms with Crippen molar-refractivity contribution in [2.24, 2.45) is 5.73 Å². The standard InChI is InChI=1S/C15H22F2N2O/c1-11-3-2-4-13(9-18)19(11)10-12-5-7-14(8-6-12)20-15(16)17/h5-8,11,13,15H,2-4,9-10,18H2,1H3. The van der Waals surface area contributed by atoms with Crippen molar-refractivity contribution in [2.45, 2.75) is 51.4 Å². The molecule has 0 spiro atoms. The first-order valence-corrected chi connectivity index (χ1v) is 7.09. The first kappa shape index (κ1) is 15.2. The average molecular weight is 284 g/mol. The van der Waals surface area contributed by atoms with Gasteiger partial charge in [-0.15, -0.1) is 0 Å². The fourth-order valence-electron chi connectivity index (χ4n) is 2.87. The molecule has 3 nitrogen and oxygen atoms in total. The molecule has 1 heterocycles. The fourth-order valence-corrected chi connectivity index (χ4v) is 2.87. The Labute approximate surface area is 118 Å². The molecule has 1 aliphatic rings. The van der Waals surface area contributed by atoms with Crippen LogP contribution in [0.4, 0.5) is 8.78 Å². The molecule has 20 heavy (non-hydrogen) atoms. The van der Waals surface area contributed by atoms with Crippen LogP contribution >= 0.6 is 0 Å². The number of alkyl halides is 2. The highest BCUT2D eigenvalue weighted by Gasteiger charge is 2.26. The van der Waals surface area contributed by atoms with Gasteiger partial charge in [0.15, 0.2) is 0 Å². The summed E-state index contributed by atoms with van der Waals surface area (Å²) in [5.74, 6) is 0.200. The van der Waals surface area contributed by atoms with Crippen molar-refractivity contribution < 1.29 is 13.5 Å². The van der Waals surface area contributed by atoms with Gasteiger partial charge in [0.25, 0.3) is 0 Å². The SMILES string of the molecule is CC1CCCC(CN)N1Cc1ccc(OC(F)F)cc1. The molecular weight excluding hydrogens is 262 g/mol. The van der Waals surface area contributed by atoms with Gasteiger partial charge in [-0.2, -0.15) is 8.78 Å². The molecule has 112 valence electrons. The summed E-state index contributed by atoms with van der Waals surface area (Å²) in [7, 11) is 0. The molecule has 1 aliphatic heterocycles. The van der Waals surface area contributed by atoms with Gasteiger partial charge >= 0.3 is 6.61 Å². The molecule has 0 bridgehead atoms. The smallest absolute Gasteiger partial charge is 0.387 e. The Kier molecular flexibility index (Phi) is 5.31. The Morgan fingerprint density at radius 1 is 1.30 bits per heavy atom. The van der Waals surface area contributed by atoms with Gasteiger partial charge in [0.2, 0.25) is 0 Å². The number of nitrogens with two attached hydrogens (primary N) is 1. The Morgan fingerprint density at radius 3 is 2.60 bits per heavy atom. The molecule has 1 fully saturated rings. The second-order valence-electron chi connectivity index (χ2n) is 5.36. The van der Waals surface area contributed by atoms with Crippen LogP contribution in [0.2, 0.25) is 0 Å². The summed E-state index contributed by atoms with van der Waals surface area (Å²) in [6.07, 6.45) is 3.54. The first-order chi connectivity index (χ1) is 9.60. The quantitative estimate of drug-likeness (QED) is 0.903. The van der Waals surface area contributed by atoms with Crippen molar-refractivity contribution in [3.63, 3.8) is 0 Å². The zero-order chi connectivity index (χ0) is 14.5. The topological polar surface area (TPSA) is 38.5 Å². The minimum atomic E-state index is -2.77. The molecule has 1 saturated heterocycles. The van der Waals surface area contributed by atoms with E-state index >= 15 is 0 Å². The monoisotopic (exact) mass is 284 g/mol. The number of likely N-dealkylation sites (tertiary alicyclic amines) is 1. The molecule has 2 rings (SSSR count). The summed E-state index contributed by atoms with van der Waals surface area (Å²) >= 11 is 0. The van der Waals surface area contributed by atoms with Crippen LogP contribution in [0.15, 0.2) is 24.3 Å². The van der Waals surface area contributed by atoms with Crippen molar-refractivity contribution in [3.8, 4) is 5.75 Å². The third kappa shape index (κ3) is 3.90. The van der Waals surface area contributed by atoms with Crippen LogP contribution in [-0.4, -0.2) is 30.1 Å². The average Bonchev–Trinajstić information content (AvgIpc) is 2.42. The lowest BCUT2D eigenvalue weighted by Gasteiger charge is -2.40. The van der Waals surface area contributed by atoms with E-state index < -0.39 is 6.61 Å². The summed E-state index contributed by atoms with van der Waals surface area (Å²) in [4.78, 5) is 2.41. The number of halogens is 2. The third-order valence-corrected chi connectivity index (χ3v) is 3.98. The van der Waals surface area contributed by atoms with Crippen LogP contribution in [0, 0.1) is 0 Å². The molecule has 1 aromatic carbocycles. The number of hydrogen-bond acceptors (Lipinski definition) is 3. The number of ether oxygens (including phenoxy) is 1. The number of hydrogen-bond donors (Lipinski definition) is 1. The highest BCUT2D eigenvalue weighted by atomic mass is 19.3. The van der Waals surface area contributed by atoms with Gasteiger partial charge in [-0.3, -0.25) is 4.90 Å². The molecule has 1 aromatic rings. The van der Waals surface area contributed by atoms with Crippen molar-refractivity contribution in [1.82, 2.24) is 4.90 Å². The van der Waals surface area contributed by atoms with Gasteiger partial charge in [-0.05, 0) is 37.5 Å². The van der Waals surface area contributed by atoms with Gasteiger partial charge in [-0.1, -0.05) is 18.6 Å². The van der Waals surface area contributed by atoms with Crippen LogP contribution < -0.4 is 10.5 Å². The van der Waals surface area contributed by atoms with E-state index in [1.165, 1.54) is 12.8 Å². The minimum absolute atomic E-state index is 0.200. The minimum Gasteiger partial charge on any atom is -0.435 e. The molecular formula is C15H22F2N2O. The number of piperidine rings is 1. The van der Waals surface area contributed by atoms with Crippen molar-refractivity contribution >= 4 is 0 Å². The van der Waals surface area contributed by atoms with Crippen LogP contribution in [0.3, 0.4) is 0 Å². The lowest BCUT2D eigenvalue weighted by molar-refractivity contribution is -0.0498. The maximum atomic E-state index is 12.1. The van der Waals surface area contributed by atoms with Crippen LogP contribution in [0.1, 0.15) is 31.7 Å². The van der Waals surface area contributed by atoms with Crippen LogP contribution in [-0.2, 0) is 6.54 Å². The van der Waals surface area contributed by atoms with E-state index in [0.29, 0.717) is 18.6 Å². The maximum Gasteiger partial charge on any atom is 0.387 e. The fraction of sp³-hybridized carbons (Fsp3) is 0.600. The number of benzene rings is 1. The molecule has 2 N–H and O–H groups in total. The van der Waals surface area contributed by atoms with Crippen LogP contribution in [0.5, 0.6) is 5.75 Å². The Hall–Kier alpha value is -1.20. The van der Waals surface area contributed by atoms with Gasteiger partial charge < -0.3 is 10.5 Å². The zero-order valence-electron chi connectivity index (χ0n) is 11.8. The Bertz CT molecular complexity index is 411. The number of rotatable bonds is 5. The summed E-state index contributed by atoms with van der Waals surface area (Å²) in [6.45, 7) is 0.912. The van der Waals surface area contributed by atoms with Gasteiger partial charge in [0.05, 0.1) is 0 Å². The molecule has 5 heteroatoms.